The summed E-state index contributed by atoms with van der Waals surface area (Å²) >= 11 is 5.44. The van der Waals surface area contributed by atoms with Crippen molar-refractivity contribution in [2.24, 2.45) is 5.92 Å². The van der Waals surface area contributed by atoms with Gasteiger partial charge in [0.25, 0.3) is 0 Å². The van der Waals surface area contributed by atoms with Gasteiger partial charge in [-0.1, -0.05) is 25.1 Å². The van der Waals surface area contributed by atoms with Crippen molar-refractivity contribution in [3.05, 3.63) is 35.9 Å². The molecule has 0 radical (unpaired) electrons. The standard InChI is InChI=1S/C11H11ClO4/c1-8(7-12)10(13)15-16-11(14)9-5-3-2-4-6-9/h2-6,8H,7H2,1H3. The van der Waals surface area contributed by atoms with E-state index in [0.717, 1.165) is 0 Å². The minimum absolute atomic E-state index is 0.113. The average Bonchev–Trinajstić information content (AvgIpc) is 2.35. The van der Waals surface area contributed by atoms with Crippen molar-refractivity contribution in [1.82, 2.24) is 0 Å². The van der Waals surface area contributed by atoms with Crippen molar-refractivity contribution >= 4 is 23.5 Å². The lowest BCUT2D eigenvalue weighted by atomic mass is 10.2. The number of alkyl halides is 1. The molecule has 0 spiro atoms. The van der Waals surface area contributed by atoms with Crippen LogP contribution in [-0.4, -0.2) is 17.8 Å². The highest BCUT2D eigenvalue weighted by Crippen LogP contribution is 2.05. The van der Waals surface area contributed by atoms with Crippen LogP contribution in [-0.2, 0) is 14.6 Å². The van der Waals surface area contributed by atoms with Crippen LogP contribution < -0.4 is 0 Å². The first-order valence-electron chi connectivity index (χ1n) is 4.69. The lowest BCUT2D eigenvalue weighted by Gasteiger charge is -2.06. The molecule has 0 fully saturated rings. The highest BCUT2D eigenvalue weighted by atomic mass is 35.5. The van der Waals surface area contributed by atoms with E-state index in [-0.39, 0.29) is 5.88 Å². The molecule has 0 aliphatic heterocycles. The van der Waals surface area contributed by atoms with E-state index in [1.165, 1.54) is 0 Å². The monoisotopic (exact) mass is 242 g/mol. The molecule has 0 bridgehead atoms. The SMILES string of the molecule is CC(CCl)C(=O)OOC(=O)c1ccccc1. The lowest BCUT2D eigenvalue weighted by molar-refractivity contribution is -0.237. The summed E-state index contributed by atoms with van der Waals surface area (Å²) in [6.45, 7) is 1.58. The zero-order valence-electron chi connectivity index (χ0n) is 8.68. The van der Waals surface area contributed by atoms with Gasteiger partial charge in [0, 0.05) is 5.88 Å². The summed E-state index contributed by atoms with van der Waals surface area (Å²) in [5, 5.41) is 0. The first-order valence-corrected chi connectivity index (χ1v) is 5.22. The van der Waals surface area contributed by atoms with Crippen LogP contribution in [0.1, 0.15) is 17.3 Å². The fourth-order valence-electron chi connectivity index (χ4n) is 0.846. The van der Waals surface area contributed by atoms with Crippen molar-refractivity contribution in [2.45, 2.75) is 6.92 Å². The molecule has 1 aromatic rings. The van der Waals surface area contributed by atoms with E-state index in [1.54, 1.807) is 37.3 Å². The molecule has 1 rings (SSSR count). The fourth-order valence-corrected chi connectivity index (χ4v) is 0.972. The second kappa shape index (κ2) is 6.12. The Hall–Kier alpha value is -1.55. The molecule has 1 unspecified atom stereocenters. The molecule has 86 valence electrons. The van der Waals surface area contributed by atoms with Gasteiger partial charge in [0.1, 0.15) is 0 Å². The summed E-state index contributed by atoms with van der Waals surface area (Å²) < 4.78 is 0. The van der Waals surface area contributed by atoms with E-state index in [4.69, 9.17) is 11.6 Å². The van der Waals surface area contributed by atoms with Crippen molar-refractivity contribution in [3.63, 3.8) is 0 Å². The van der Waals surface area contributed by atoms with Crippen LogP contribution in [0.2, 0.25) is 0 Å². The molecular formula is C11H11ClO4. The molecule has 0 aliphatic rings. The summed E-state index contributed by atoms with van der Waals surface area (Å²) in [4.78, 5) is 31.2. The highest BCUT2D eigenvalue weighted by molar-refractivity contribution is 6.19. The number of rotatable bonds is 3. The quantitative estimate of drug-likeness (QED) is 0.463. The summed E-state index contributed by atoms with van der Waals surface area (Å²) in [6, 6.07) is 8.24. The summed E-state index contributed by atoms with van der Waals surface area (Å²) in [5.41, 5.74) is 0.314. The zero-order chi connectivity index (χ0) is 12.0. The Bertz CT molecular complexity index is 364. The third-order valence-electron chi connectivity index (χ3n) is 1.84. The smallest absolute Gasteiger partial charge is 0.247 e. The molecule has 0 saturated heterocycles. The molecule has 0 amide bonds. The fraction of sp³-hybridized carbons (Fsp3) is 0.273. The van der Waals surface area contributed by atoms with E-state index in [1.807, 2.05) is 0 Å². The number of carbonyl (C=O) groups is 2. The minimum Gasteiger partial charge on any atom is -0.247 e. The number of halogens is 1. The summed E-state index contributed by atoms with van der Waals surface area (Å²) in [7, 11) is 0. The van der Waals surface area contributed by atoms with Gasteiger partial charge in [0.15, 0.2) is 0 Å². The van der Waals surface area contributed by atoms with E-state index in [9.17, 15) is 9.59 Å². The highest BCUT2D eigenvalue weighted by Gasteiger charge is 2.17. The molecule has 16 heavy (non-hydrogen) atoms. The third-order valence-corrected chi connectivity index (χ3v) is 2.31. The molecular weight excluding hydrogens is 232 g/mol. The molecule has 0 heterocycles. The van der Waals surface area contributed by atoms with E-state index in [2.05, 4.69) is 9.78 Å². The maximum Gasteiger partial charge on any atom is 0.386 e. The lowest BCUT2D eigenvalue weighted by Crippen LogP contribution is -2.18. The largest absolute Gasteiger partial charge is 0.386 e. The molecule has 5 heteroatoms. The van der Waals surface area contributed by atoms with Gasteiger partial charge in [0.2, 0.25) is 0 Å². The molecule has 0 N–H and O–H groups in total. The van der Waals surface area contributed by atoms with E-state index in [0.29, 0.717) is 5.56 Å². The normalized spacial score (nSPS) is 11.6. The summed E-state index contributed by atoms with van der Waals surface area (Å²) in [5.74, 6) is -1.78. The van der Waals surface area contributed by atoms with Gasteiger partial charge in [-0.15, -0.1) is 11.6 Å². The van der Waals surface area contributed by atoms with E-state index >= 15 is 0 Å². The maximum atomic E-state index is 11.3. The van der Waals surface area contributed by atoms with Crippen molar-refractivity contribution < 1.29 is 19.4 Å². The predicted octanol–water partition coefficient (Wildman–Crippen LogP) is 2.18. The van der Waals surface area contributed by atoms with Crippen molar-refractivity contribution in [1.29, 1.82) is 0 Å². The topological polar surface area (TPSA) is 52.6 Å². The van der Waals surface area contributed by atoms with Crippen molar-refractivity contribution in [2.75, 3.05) is 5.88 Å². The number of benzene rings is 1. The first-order chi connectivity index (χ1) is 7.65. The summed E-state index contributed by atoms with van der Waals surface area (Å²) in [6.07, 6.45) is 0. The van der Waals surface area contributed by atoms with Crippen LogP contribution in [0.15, 0.2) is 30.3 Å². The van der Waals surface area contributed by atoms with Gasteiger partial charge >= 0.3 is 11.9 Å². The number of hydrogen-bond donors (Lipinski definition) is 0. The van der Waals surface area contributed by atoms with Gasteiger partial charge in [0.05, 0.1) is 11.5 Å². The third kappa shape index (κ3) is 3.55. The van der Waals surface area contributed by atoms with Crippen LogP contribution >= 0.6 is 11.6 Å². The Balaban J connectivity index is 2.45. The Morgan fingerprint density at radius 3 is 2.44 bits per heavy atom. The minimum atomic E-state index is -0.712. The van der Waals surface area contributed by atoms with E-state index < -0.39 is 17.9 Å². The Labute approximate surface area is 98.0 Å². The molecule has 0 aliphatic carbocycles. The molecule has 1 atom stereocenters. The van der Waals surface area contributed by atoms with Gasteiger partial charge in [-0.2, -0.15) is 0 Å². The van der Waals surface area contributed by atoms with Crippen LogP contribution in [0.25, 0.3) is 0 Å². The second-order valence-corrected chi connectivity index (χ2v) is 3.50. The molecule has 4 nitrogen and oxygen atoms in total. The van der Waals surface area contributed by atoms with Gasteiger partial charge in [-0.05, 0) is 12.1 Å². The maximum absolute atomic E-state index is 11.3. The van der Waals surface area contributed by atoms with Gasteiger partial charge < -0.3 is 0 Å². The van der Waals surface area contributed by atoms with Crippen LogP contribution in [0, 0.1) is 5.92 Å². The van der Waals surface area contributed by atoms with Crippen LogP contribution in [0.5, 0.6) is 0 Å². The molecule has 0 aromatic heterocycles. The Kier molecular flexibility index (Phi) is 4.79. The van der Waals surface area contributed by atoms with Gasteiger partial charge in [-0.3, -0.25) is 0 Å². The van der Waals surface area contributed by atoms with Crippen LogP contribution in [0.4, 0.5) is 0 Å². The zero-order valence-corrected chi connectivity index (χ0v) is 9.44. The first kappa shape index (κ1) is 12.5. The Morgan fingerprint density at radius 1 is 1.25 bits per heavy atom. The number of carbonyl (C=O) groups excluding carboxylic acids is 2. The van der Waals surface area contributed by atoms with Gasteiger partial charge in [-0.25, -0.2) is 19.4 Å². The van der Waals surface area contributed by atoms with Crippen molar-refractivity contribution in [3.8, 4) is 0 Å². The molecule has 0 saturated carbocycles. The molecule has 1 aromatic carbocycles. The Morgan fingerprint density at radius 2 is 1.88 bits per heavy atom. The second-order valence-electron chi connectivity index (χ2n) is 3.19. The average molecular weight is 243 g/mol. The predicted molar refractivity (Wildman–Crippen MR) is 57.8 cm³/mol. The van der Waals surface area contributed by atoms with Crippen LogP contribution in [0.3, 0.4) is 0 Å². The number of hydrogen-bond acceptors (Lipinski definition) is 4.